The third kappa shape index (κ3) is 5.19. The van der Waals surface area contributed by atoms with Gasteiger partial charge in [-0.15, -0.1) is 0 Å². The van der Waals surface area contributed by atoms with Crippen molar-refractivity contribution in [1.29, 1.82) is 0 Å². The van der Waals surface area contributed by atoms with Gasteiger partial charge in [0.1, 0.15) is 0 Å². The molecule has 0 radical (unpaired) electrons. The predicted molar refractivity (Wildman–Crippen MR) is 227 cm³/mol. The molecule has 9 aromatic carbocycles. The lowest BCUT2D eigenvalue weighted by molar-refractivity contribution is 1.19. The largest absolute Gasteiger partial charge is 0.345 e. The fraction of sp³-hybridized carbons (Fsp3) is 0.0196. The van der Waals surface area contributed by atoms with Crippen LogP contribution in [0, 0.1) is 0 Å². The Labute approximate surface area is 309 Å². The number of aromatic nitrogens is 1. The summed E-state index contributed by atoms with van der Waals surface area (Å²) in [7, 11) is 2.11. The molecule has 0 aliphatic rings. The molecule has 2 heteroatoms. The molecule has 0 amide bonds. The minimum atomic E-state index is 1.15. The summed E-state index contributed by atoms with van der Waals surface area (Å²) in [4.78, 5) is 2.22. The second kappa shape index (κ2) is 12.7. The number of fused-ring (bicyclic) bond motifs is 8. The second-order valence-electron chi connectivity index (χ2n) is 13.8. The first-order valence-electron chi connectivity index (χ1n) is 18.2. The number of anilines is 2. The number of rotatable bonds is 6. The highest BCUT2D eigenvalue weighted by Crippen LogP contribution is 2.46. The maximum atomic E-state index is 2.50. The van der Waals surface area contributed by atoms with E-state index in [0.717, 1.165) is 11.4 Å². The predicted octanol–water partition coefficient (Wildman–Crippen LogP) is 13.9. The lowest BCUT2D eigenvalue weighted by atomic mass is 9.93. The summed E-state index contributed by atoms with van der Waals surface area (Å²) in [5.74, 6) is 0. The molecule has 1 aromatic heterocycles. The summed E-state index contributed by atoms with van der Waals surface area (Å²) >= 11 is 0. The van der Waals surface area contributed by atoms with Gasteiger partial charge in [-0.2, -0.15) is 0 Å². The van der Waals surface area contributed by atoms with Crippen LogP contribution in [0.15, 0.2) is 200 Å². The van der Waals surface area contributed by atoms with Gasteiger partial charge in [0.05, 0.1) is 11.0 Å². The summed E-state index contributed by atoms with van der Waals surface area (Å²) in [5, 5.41) is 7.64. The maximum Gasteiger partial charge on any atom is 0.0626 e. The van der Waals surface area contributed by atoms with E-state index in [1.165, 1.54) is 82.4 Å². The van der Waals surface area contributed by atoms with E-state index in [2.05, 4.69) is 217 Å². The van der Waals surface area contributed by atoms with Crippen LogP contribution in [0.5, 0.6) is 0 Å². The van der Waals surface area contributed by atoms with Gasteiger partial charge in [0, 0.05) is 40.3 Å². The smallest absolute Gasteiger partial charge is 0.0626 e. The molecule has 10 rings (SSSR count). The summed E-state index contributed by atoms with van der Waals surface area (Å²) in [6.45, 7) is 0. The summed E-state index contributed by atoms with van der Waals surface area (Å²) in [6.07, 6.45) is 0. The quantitative estimate of drug-likeness (QED) is 0.159. The van der Waals surface area contributed by atoms with Crippen molar-refractivity contribution in [1.82, 2.24) is 4.57 Å². The molecule has 10 aromatic rings. The summed E-state index contributed by atoms with van der Waals surface area (Å²) in [6, 6.07) is 72.7. The molecule has 2 nitrogen and oxygen atoms in total. The van der Waals surface area contributed by atoms with Crippen LogP contribution in [0.2, 0.25) is 0 Å². The zero-order valence-corrected chi connectivity index (χ0v) is 29.4. The van der Waals surface area contributed by atoms with Crippen LogP contribution in [-0.4, -0.2) is 11.6 Å². The lowest BCUT2D eigenvalue weighted by Crippen LogP contribution is -2.08. The molecule has 0 fully saturated rings. The zero-order chi connectivity index (χ0) is 35.3. The first-order chi connectivity index (χ1) is 26.2. The Morgan fingerprint density at radius 2 is 0.868 bits per heavy atom. The molecule has 0 atom stereocenters. The first kappa shape index (κ1) is 30.9. The topological polar surface area (TPSA) is 8.17 Å². The molecule has 0 aliphatic carbocycles. The van der Waals surface area contributed by atoms with Crippen molar-refractivity contribution in [3.63, 3.8) is 0 Å². The molecular formula is C51H36N2. The van der Waals surface area contributed by atoms with Gasteiger partial charge in [-0.25, -0.2) is 0 Å². The Kier molecular flexibility index (Phi) is 7.40. The number of nitrogens with zero attached hydrogens (tertiary/aromatic N) is 2. The average molecular weight is 677 g/mol. The number of para-hydroxylation sites is 1. The van der Waals surface area contributed by atoms with Crippen molar-refractivity contribution in [3.05, 3.63) is 200 Å². The SMILES string of the molecule is CN(c1ccccc1)c1ccc(-c2ccc(-c3cccc4c3c3c5ccccc5c5ccccc5c3n4-c3cccc(-c4ccccc4)c3)cc2)cc1. The molecule has 0 unspecified atom stereocenters. The highest BCUT2D eigenvalue weighted by atomic mass is 15.1. The van der Waals surface area contributed by atoms with E-state index in [9.17, 15) is 0 Å². The molecule has 0 bridgehead atoms. The van der Waals surface area contributed by atoms with E-state index in [-0.39, 0.29) is 0 Å². The molecule has 1 heterocycles. The fourth-order valence-electron chi connectivity index (χ4n) is 8.20. The number of benzene rings is 9. The third-order valence-corrected chi connectivity index (χ3v) is 10.8. The van der Waals surface area contributed by atoms with Gasteiger partial charge in [0.2, 0.25) is 0 Å². The monoisotopic (exact) mass is 676 g/mol. The Morgan fingerprint density at radius 3 is 1.58 bits per heavy atom. The fourth-order valence-corrected chi connectivity index (χ4v) is 8.20. The average Bonchev–Trinajstić information content (AvgIpc) is 3.60. The van der Waals surface area contributed by atoms with Crippen LogP contribution in [0.25, 0.3) is 82.4 Å². The van der Waals surface area contributed by atoms with Crippen molar-refractivity contribution in [3.8, 4) is 39.1 Å². The number of hydrogen-bond donors (Lipinski definition) is 0. The van der Waals surface area contributed by atoms with Gasteiger partial charge in [-0.1, -0.05) is 158 Å². The molecule has 0 saturated heterocycles. The molecule has 0 saturated carbocycles. The highest BCUT2D eigenvalue weighted by Gasteiger charge is 2.21. The van der Waals surface area contributed by atoms with Crippen LogP contribution >= 0.6 is 0 Å². The van der Waals surface area contributed by atoms with Crippen molar-refractivity contribution < 1.29 is 0 Å². The van der Waals surface area contributed by atoms with Crippen LogP contribution in [0.4, 0.5) is 11.4 Å². The normalized spacial score (nSPS) is 11.5. The van der Waals surface area contributed by atoms with Gasteiger partial charge in [-0.05, 0) is 92.0 Å². The minimum Gasteiger partial charge on any atom is -0.345 e. The van der Waals surface area contributed by atoms with Crippen LogP contribution in [0.1, 0.15) is 0 Å². The van der Waals surface area contributed by atoms with E-state index >= 15 is 0 Å². The molecule has 0 aliphatic heterocycles. The van der Waals surface area contributed by atoms with Gasteiger partial charge in [0.25, 0.3) is 0 Å². The third-order valence-electron chi connectivity index (χ3n) is 10.8. The van der Waals surface area contributed by atoms with Gasteiger partial charge in [-0.3, -0.25) is 0 Å². The number of hydrogen-bond acceptors (Lipinski definition) is 1. The Morgan fingerprint density at radius 1 is 0.358 bits per heavy atom. The van der Waals surface area contributed by atoms with E-state index < -0.39 is 0 Å². The van der Waals surface area contributed by atoms with Crippen molar-refractivity contribution in [2.45, 2.75) is 0 Å². The van der Waals surface area contributed by atoms with Crippen LogP contribution in [-0.2, 0) is 0 Å². The lowest BCUT2D eigenvalue weighted by Gasteiger charge is -2.19. The Hall–Kier alpha value is -6.90. The zero-order valence-electron chi connectivity index (χ0n) is 29.4. The Bertz CT molecular complexity index is 2920. The molecule has 53 heavy (non-hydrogen) atoms. The van der Waals surface area contributed by atoms with E-state index in [0.29, 0.717) is 0 Å². The van der Waals surface area contributed by atoms with Crippen molar-refractivity contribution in [2.75, 3.05) is 11.9 Å². The summed E-state index contributed by atoms with van der Waals surface area (Å²) in [5.41, 5.74) is 13.2. The highest BCUT2D eigenvalue weighted by molar-refractivity contribution is 6.34. The standard InChI is InChI=1S/C51H36N2/c1-52(40-17-6-3-7-18-40)41-32-30-37(31-33-41)36-26-28-38(29-27-36)43-24-13-25-48-49(43)50-46-22-10-8-20-44(46)45-21-9-11-23-47(45)51(50)53(48)42-19-12-16-39(34-42)35-14-4-2-5-15-35/h2-34H,1H3. The molecule has 250 valence electrons. The van der Waals surface area contributed by atoms with E-state index in [1.54, 1.807) is 0 Å². The molecule has 0 spiro atoms. The first-order valence-corrected chi connectivity index (χ1v) is 18.2. The van der Waals surface area contributed by atoms with E-state index in [1.807, 2.05) is 0 Å². The van der Waals surface area contributed by atoms with Crippen molar-refractivity contribution in [2.24, 2.45) is 0 Å². The van der Waals surface area contributed by atoms with Crippen LogP contribution < -0.4 is 4.90 Å². The maximum absolute atomic E-state index is 2.50. The second-order valence-corrected chi connectivity index (χ2v) is 13.8. The van der Waals surface area contributed by atoms with E-state index in [4.69, 9.17) is 0 Å². The summed E-state index contributed by atoms with van der Waals surface area (Å²) < 4.78 is 2.50. The molecular weight excluding hydrogens is 641 g/mol. The van der Waals surface area contributed by atoms with Crippen LogP contribution in [0.3, 0.4) is 0 Å². The van der Waals surface area contributed by atoms with Gasteiger partial charge >= 0.3 is 0 Å². The van der Waals surface area contributed by atoms with Crippen molar-refractivity contribution >= 4 is 54.7 Å². The van der Waals surface area contributed by atoms with Gasteiger partial charge < -0.3 is 9.47 Å². The Balaban J connectivity index is 1.16. The molecule has 0 N–H and O–H groups in total. The van der Waals surface area contributed by atoms with Gasteiger partial charge in [0.15, 0.2) is 0 Å². The minimum absolute atomic E-state index is 1.15.